The van der Waals surface area contributed by atoms with Gasteiger partial charge in [-0.25, -0.2) is 28.5 Å². The number of aliphatic hydroxyl groups excluding tert-OH is 5. The van der Waals surface area contributed by atoms with Gasteiger partial charge < -0.3 is 45.5 Å². The van der Waals surface area contributed by atoms with Crippen LogP contribution in [0.5, 0.6) is 0 Å². The lowest BCUT2D eigenvalue weighted by Crippen LogP contribution is -2.35. The van der Waals surface area contributed by atoms with Crippen LogP contribution in [0.3, 0.4) is 0 Å². The quantitative estimate of drug-likeness (QED) is 0.0340. The highest BCUT2D eigenvalue weighted by Gasteiger charge is 2.45. The zero-order valence-electron chi connectivity index (χ0n) is 24.7. The van der Waals surface area contributed by atoms with Gasteiger partial charge in [-0.2, -0.15) is 0 Å². The van der Waals surface area contributed by atoms with Gasteiger partial charge in [0.1, 0.15) is 62.4 Å². The maximum Gasteiger partial charge on any atom is 0.326 e. The van der Waals surface area contributed by atoms with Gasteiger partial charge in [0, 0.05) is 0 Å². The summed E-state index contributed by atoms with van der Waals surface area (Å²) in [5.74, 6) is -2.04. The predicted octanol–water partition coefficient (Wildman–Crippen LogP) is -5.52. The number of carbonyl (C=O) groups is 1. The summed E-state index contributed by atoms with van der Waals surface area (Å²) in [6, 6.07) is 0. The van der Waals surface area contributed by atoms with Gasteiger partial charge >= 0.3 is 25.5 Å². The van der Waals surface area contributed by atoms with Gasteiger partial charge in [0.2, 0.25) is 11.6 Å². The highest BCUT2D eigenvalue weighted by Crippen LogP contribution is 2.29. The molecule has 4 aromatic rings. The third kappa shape index (κ3) is 7.58. The first-order valence-corrected chi connectivity index (χ1v) is 18.0. The van der Waals surface area contributed by atoms with Crippen LogP contribution in [-0.4, -0.2) is 132 Å². The molecule has 2 saturated heterocycles. The summed E-state index contributed by atoms with van der Waals surface area (Å²) in [5.41, 5.74) is 5.26. The lowest BCUT2D eigenvalue weighted by Gasteiger charge is -2.14. The zero-order chi connectivity index (χ0) is 36.4. The van der Waals surface area contributed by atoms with Gasteiger partial charge in [0.25, 0.3) is 0 Å². The van der Waals surface area contributed by atoms with Crippen LogP contribution in [0, 0.1) is 10.8 Å². The van der Waals surface area contributed by atoms with Gasteiger partial charge in [-0.1, -0.05) is 0 Å². The van der Waals surface area contributed by atoms with Crippen molar-refractivity contribution in [2.45, 2.75) is 55.6 Å². The number of ether oxygens (including phenoxy) is 3. The minimum absolute atomic E-state index is 0.0779. The van der Waals surface area contributed by atoms with E-state index >= 15 is 0 Å². The van der Waals surface area contributed by atoms with E-state index in [1.807, 2.05) is 0 Å². The Morgan fingerprint density at radius 3 is 1.78 bits per heavy atom. The van der Waals surface area contributed by atoms with Crippen molar-refractivity contribution in [3.8, 4) is 0 Å². The number of carbonyl (C=O) groups excluding carboxylic acids is 1. The van der Waals surface area contributed by atoms with E-state index in [1.54, 1.807) is 0 Å². The molecule has 0 radical (unpaired) electrons. The second-order valence-electron chi connectivity index (χ2n) is 10.1. The summed E-state index contributed by atoms with van der Waals surface area (Å²) in [7, 11) is 2.82. The van der Waals surface area contributed by atoms with Crippen LogP contribution in [0.25, 0.3) is 0 Å². The van der Waals surface area contributed by atoms with E-state index in [0.717, 1.165) is 20.3 Å². The molecule has 0 spiro atoms. The molecule has 2 aliphatic rings. The molecule has 8 unspecified atom stereocenters. The van der Waals surface area contributed by atoms with Crippen LogP contribution in [0.1, 0.15) is 24.1 Å². The number of esters is 1. The summed E-state index contributed by atoms with van der Waals surface area (Å²) in [5, 5.41) is 71.7. The fourth-order valence-corrected chi connectivity index (χ4v) is 7.64. The Hall–Kier alpha value is -4.23. The summed E-state index contributed by atoms with van der Waals surface area (Å²) in [6.45, 7) is -1.47. The van der Waals surface area contributed by atoms with Crippen molar-refractivity contribution in [3.05, 3.63) is 63.0 Å². The topological polar surface area (TPSA) is 359 Å². The number of nitrogens with one attached hydrogen (secondary N) is 2. The van der Waals surface area contributed by atoms with E-state index in [1.165, 1.54) is 6.33 Å². The second kappa shape index (κ2) is 15.3. The predicted molar refractivity (Wildman–Crippen MR) is 169 cm³/mol. The Morgan fingerprint density at radius 1 is 0.800 bits per heavy atom. The van der Waals surface area contributed by atoms with E-state index < -0.39 is 100 Å². The minimum Gasteiger partial charge on any atom is -0.461 e. The van der Waals surface area contributed by atoms with Crippen LogP contribution < -0.4 is 25.2 Å². The SMILES string of the molecule is N=C(N)c1ncn(C2OC(COC(=O)Cn3c(=O)ssc3=O)C(O)C2O)n1.N=C(c1ncn(C2OC(CO)C(O)C2O)n1)n1c(=O)ssc1=O. The number of hydrogen-bond acceptors (Lipinski definition) is 23. The molecular weight excluding hydrogens is 755 g/mol. The Bertz CT molecular complexity index is 2040. The highest BCUT2D eigenvalue weighted by molar-refractivity contribution is 7.67. The number of nitrogens with two attached hydrogens (primary N) is 1. The molecule has 50 heavy (non-hydrogen) atoms. The van der Waals surface area contributed by atoms with Gasteiger partial charge in [0.05, 0.1) is 6.61 Å². The highest BCUT2D eigenvalue weighted by atomic mass is 32.9. The number of hydrogen-bond donors (Lipinski definition) is 8. The van der Waals surface area contributed by atoms with Crippen LogP contribution in [0.15, 0.2) is 31.8 Å². The van der Waals surface area contributed by atoms with E-state index in [0.29, 0.717) is 45.9 Å². The van der Waals surface area contributed by atoms with Crippen LogP contribution >= 0.6 is 41.4 Å². The molecule has 6 rings (SSSR count). The lowest BCUT2D eigenvalue weighted by molar-refractivity contribution is -0.151. The standard InChI is InChI=1S/C12H14N6O7S2.C10H11N5O6S2/c13-8(14)9-15-3-18(16-9)10-7(21)6(20)4(25-10)2-24-5(19)1-17-11(22)26-27-12(17)23;11-6(15-9(19)22-23-10(15)20)7-12-2-14(13-7)8-5(18)4(17)3(1-16)21-8/h3-4,6-7,10,20-21H,1-2H2,(H3,13,14);2-5,8,11,16-18H,1H2. The number of nitrogens with zero attached hydrogens (tertiary/aromatic N) is 8. The van der Waals surface area contributed by atoms with E-state index in [9.17, 15) is 44.4 Å². The first kappa shape index (κ1) is 37.0. The normalized spacial score (nSPS) is 26.0. The van der Waals surface area contributed by atoms with Crippen LogP contribution in [0.2, 0.25) is 0 Å². The molecule has 2 fully saturated rings. The first-order valence-electron chi connectivity index (χ1n) is 13.7. The van der Waals surface area contributed by atoms with Gasteiger partial charge in [-0.05, 0) is 41.4 Å². The largest absolute Gasteiger partial charge is 0.461 e. The zero-order valence-corrected chi connectivity index (χ0v) is 28.0. The molecule has 8 atom stereocenters. The fourth-order valence-electron chi connectivity index (χ4n) is 4.43. The molecule has 0 saturated carbocycles. The summed E-state index contributed by atoms with van der Waals surface area (Å²) < 4.78 is 19.1. The van der Waals surface area contributed by atoms with Gasteiger partial charge in [-0.3, -0.25) is 34.8 Å². The van der Waals surface area contributed by atoms with Crippen molar-refractivity contribution in [2.24, 2.45) is 5.73 Å². The monoisotopic (exact) mass is 779 g/mol. The van der Waals surface area contributed by atoms with Crippen molar-refractivity contribution in [2.75, 3.05) is 13.2 Å². The molecule has 6 heterocycles. The first-order chi connectivity index (χ1) is 23.7. The molecule has 0 amide bonds. The Kier molecular flexibility index (Phi) is 11.4. The molecule has 0 aromatic carbocycles. The summed E-state index contributed by atoms with van der Waals surface area (Å²) >= 11 is 0. The average Bonchev–Trinajstić information content (AvgIpc) is 3.94. The molecule has 9 N–H and O–H groups in total. The molecule has 0 bridgehead atoms. The molecular formula is C22H25N11O13S4. The Labute approximate surface area is 289 Å². The van der Waals surface area contributed by atoms with E-state index in [4.69, 9.17) is 35.9 Å². The third-order valence-electron chi connectivity index (χ3n) is 6.94. The number of amidine groups is 1. The van der Waals surface area contributed by atoms with Crippen molar-refractivity contribution >= 4 is 59.0 Å². The number of nitrogen functional groups attached to an aromatic ring is 1. The summed E-state index contributed by atoms with van der Waals surface area (Å²) in [6.07, 6.45) is -7.42. The number of rotatable bonds is 9. The maximum atomic E-state index is 11.8. The molecule has 0 aliphatic carbocycles. The Balaban J connectivity index is 0.000000197. The molecule has 270 valence electrons. The summed E-state index contributed by atoms with van der Waals surface area (Å²) in [4.78, 5) is 63.0. The maximum absolute atomic E-state index is 11.8. The van der Waals surface area contributed by atoms with E-state index in [-0.39, 0.29) is 17.5 Å². The van der Waals surface area contributed by atoms with Crippen LogP contribution in [0.4, 0.5) is 0 Å². The molecule has 4 aromatic heterocycles. The molecule has 24 nitrogen and oxygen atoms in total. The fraction of sp³-hybridized carbons (Fsp3) is 0.500. The third-order valence-corrected chi connectivity index (χ3v) is 10.7. The number of aliphatic hydroxyl groups is 5. The average molecular weight is 780 g/mol. The van der Waals surface area contributed by atoms with Crippen LogP contribution in [-0.2, 0) is 25.5 Å². The smallest absolute Gasteiger partial charge is 0.326 e. The minimum atomic E-state index is -1.40. The molecule has 2 aliphatic heterocycles. The van der Waals surface area contributed by atoms with Gasteiger partial charge in [0.15, 0.2) is 24.1 Å². The van der Waals surface area contributed by atoms with Crippen molar-refractivity contribution in [1.82, 2.24) is 38.7 Å². The Morgan fingerprint density at radius 2 is 1.28 bits per heavy atom. The lowest BCUT2D eigenvalue weighted by atomic mass is 10.1. The van der Waals surface area contributed by atoms with E-state index in [2.05, 4.69) is 20.2 Å². The number of aromatic nitrogens is 8. The van der Waals surface area contributed by atoms with Crippen molar-refractivity contribution < 1.29 is 44.5 Å². The second-order valence-corrected chi connectivity index (χ2v) is 14.2. The van der Waals surface area contributed by atoms with Crippen molar-refractivity contribution in [3.63, 3.8) is 0 Å². The van der Waals surface area contributed by atoms with Gasteiger partial charge in [-0.15, -0.1) is 10.2 Å². The van der Waals surface area contributed by atoms with Crippen molar-refractivity contribution in [1.29, 1.82) is 10.8 Å². The molecule has 28 heteroatoms.